The summed E-state index contributed by atoms with van der Waals surface area (Å²) in [5.74, 6) is -0.416. The molecular formula is C7H5FN2O. The fourth-order valence-electron chi connectivity index (χ4n) is 1.02. The number of hydrogen-bond acceptors (Lipinski definition) is 1. The van der Waals surface area contributed by atoms with Gasteiger partial charge in [-0.2, -0.15) is 0 Å². The molecule has 0 radical (unpaired) electrons. The van der Waals surface area contributed by atoms with Crippen LogP contribution in [0.15, 0.2) is 23.0 Å². The molecule has 0 unspecified atom stereocenters. The number of benzene rings is 1. The number of aromatic nitrogens is 2. The van der Waals surface area contributed by atoms with E-state index in [0.717, 1.165) is 0 Å². The smallest absolute Gasteiger partial charge is 0.306 e. The molecule has 2 rings (SSSR count). The molecule has 1 aromatic heterocycles. The van der Waals surface area contributed by atoms with Crippen molar-refractivity contribution in [3.8, 4) is 0 Å². The van der Waals surface area contributed by atoms with Gasteiger partial charge in [-0.25, -0.2) is 9.18 Å². The number of imidazole rings is 1. The molecule has 0 bridgehead atoms. The zero-order chi connectivity index (χ0) is 7.84. The highest BCUT2D eigenvalue weighted by atomic mass is 19.1. The topological polar surface area (TPSA) is 48.6 Å². The lowest BCUT2D eigenvalue weighted by atomic mass is 10.3. The van der Waals surface area contributed by atoms with Crippen molar-refractivity contribution >= 4 is 11.0 Å². The first kappa shape index (κ1) is 6.15. The van der Waals surface area contributed by atoms with Crippen molar-refractivity contribution in [2.75, 3.05) is 0 Å². The van der Waals surface area contributed by atoms with E-state index < -0.39 is 5.82 Å². The van der Waals surface area contributed by atoms with Crippen molar-refractivity contribution in [2.45, 2.75) is 0 Å². The van der Waals surface area contributed by atoms with Crippen LogP contribution >= 0.6 is 0 Å². The van der Waals surface area contributed by atoms with Gasteiger partial charge in [-0.3, -0.25) is 0 Å². The molecule has 2 aromatic rings. The molecule has 0 fully saturated rings. The zero-order valence-corrected chi connectivity index (χ0v) is 5.52. The van der Waals surface area contributed by atoms with Crippen LogP contribution in [0.3, 0.4) is 0 Å². The number of nitrogens with one attached hydrogen (secondary N) is 2. The van der Waals surface area contributed by atoms with E-state index in [-0.39, 0.29) is 11.2 Å². The van der Waals surface area contributed by atoms with Crippen LogP contribution in [0.2, 0.25) is 0 Å². The van der Waals surface area contributed by atoms with Crippen LogP contribution < -0.4 is 5.69 Å². The minimum atomic E-state index is -0.416. The normalized spacial score (nSPS) is 10.6. The quantitative estimate of drug-likeness (QED) is 0.581. The van der Waals surface area contributed by atoms with Crippen molar-refractivity contribution < 1.29 is 4.39 Å². The summed E-state index contributed by atoms with van der Waals surface area (Å²) in [7, 11) is 0. The van der Waals surface area contributed by atoms with Crippen LogP contribution in [0.4, 0.5) is 4.39 Å². The van der Waals surface area contributed by atoms with E-state index in [9.17, 15) is 9.18 Å². The highest BCUT2D eigenvalue weighted by molar-refractivity contribution is 5.74. The van der Waals surface area contributed by atoms with E-state index in [0.29, 0.717) is 5.52 Å². The Kier molecular flexibility index (Phi) is 1.09. The Hall–Kier alpha value is -1.58. The second-order valence-electron chi connectivity index (χ2n) is 2.24. The van der Waals surface area contributed by atoms with E-state index in [1.165, 1.54) is 6.07 Å². The molecule has 1 aromatic carbocycles. The highest BCUT2D eigenvalue weighted by Crippen LogP contribution is 2.09. The molecule has 0 aliphatic carbocycles. The molecule has 3 nitrogen and oxygen atoms in total. The van der Waals surface area contributed by atoms with Crippen LogP contribution in [0.1, 0.15) is 0 Å². The maximum Gasteiger partial charge on any atom is 0.323 e. The summed E-state index contributed by atoms with van der Waals surface area (Å²) in [6.07, 6.45) is 0. The molecule has 11 heavy (non-hydrogen) atoms. The summed E-state index contributed by atoms with van der Waals surface area (Å²) >= 11 is 0. The lowest BCUT2D eigenvalue weighted by Crippen LogP contribution is -1.99. The van der Waals surface area contributed by atoms with Crippen LogP contribution in [-0.4, -0.2) is 9.97 Å². The van der Waals surface area contributed by atoms with E-state index >= 15 is 0 Å². The maximum absolute atomic E-state index is 12.8. The summed E-state index contributed by atoms with van der Waals surface area (Å²) in [5.41, 5.74) is 0.345. The number of rotatable bonds is 0. The molecule has 56 valence electrons. The summed E-state index contributed by atoms with van der Waals surface area (Å²) in [6, 6.07) is 4.48. The predicted octanol–water partition coefficient (Wildman–Crippen LogP) is 0.995. The van der Waals surface area contributed by atoms with Crippen molar-refractivity contribution in [3.05, 3.63) is 34.5 Å². The minimum Gasteiger partial charge on any atom is -0.306 e. The fourth-order valence-corrected chi connectivity index (χ4v) is 1.02. The first-order valence-corrected chi connectivity index (χ1v) is 3.14. The molecule has 4 heteroatoms. The largest absolute Gasteiger partial charge is 0.323 e. The molecule has 0 saturated heterocycles. The highest BCUT2D eigenvalue weighted by Gasteiger charge is 2.01. The number of halogens is 1. The number of fused-ring (bicyclic) bond motifs is 1. The fraction of sp³-hybridized carbons (Fsp3) is 0. The van der Waals surface area contributed by atoms with E-state index in [4.69, 9.17) is 0 Å². The molecule has 0 amide bonds. The Morgan fingerprint density at radius 1 is 1.27 bits per heavy atom. The predicted molar refractivity (Wildman–Crippen MR) is 38.9 cm³/mol. The van der Waals surface area contributed by atoms with Gasteiger partial charge in [0, 0.05) is 0 Å². The maximum atomic E-state index is 12.8. The first-order chi connectivity index (χ1) is 5.27. The number of para-hydroxylation sites is 1. The van der Waals surface area contributed by atoms with Gasteiger partial charge in [-0.1, -0.05) is 6.07 Å². The van der Waals surface area contributed by atoms with E-state index in [2.05, 4.69) is 9.97 Å². The Morgan fingerprint density at radius 2 is 2.09 bits per heavy atom. The molecule has 0 saturated carbocycles. The zero-order valence-electron chi connectivity index (χ0n) is 5.52. The molecule has 0 atom stereocenters. The molecule has 2 N–H and O–H groups in total. The molecule has 0 aliphatic heterocycles. The third-order valence-electron chi connectivity index (χ3n) is 1.50. The summed E-state index contributed by atoms with van der Waals surface area (Å²) in [4.78, 5) is 15.5. The lowest BCUT2D eigenvalue weighted by molar-refractivity contribution is 0.637. The van der Waals surface area contributed by atoms with Gasteiger partial charge in [0.15, 0.2) is 0 Å². The van der Waals surface area contributed by atoms with Crippen LogP contribution in [-0.2, 0) is 0 Å². The molecular weight excluding hydrogens is 147 g/mol. The van der Waals surface area contributed by atoms with Gasteiger partial charge in [0.2, 0.25) is 0 Å². The molecule has 0 spiro atoms. The van der Waals surface area contributed by atoms with Crippen molar-refractivity contribution in [1.82, 2.24) is 9.97 Å². The van der Waals surface area contributed by atoms with Crippen LogP contribution in [0.25, 0.3) is 11.0 Å². The third kappa shape index (κ3) is 0.832. The van der Waals surface area contributed by atoms with E-state index in [1.54, 1.807) is 12.1 Å². The van der Waals surface area contributed by atoms with Crippen molar-refractivity contribution in [2.24, 2.45) is 0 Å². The van der Waals surface area contributed by atoms with Crippen molar-refractivity contribution in [1.29, 1.82) is 0 Å². The van der Waals surface area contributed by atoms with Crippen LogP contribution in [0, 0.1) is 5.82 Å². The Labute approximate surface area is 60.9 Å². The summed E-state index contributed by atoms with van der Waals surface area (Å²) in [5, 5.41) is 0. The Morgan fingerprint density at radius 3 is 2.82 bits per heavy atom. The van der Waals surface area contributed by atoms with Gasteiger partial charge < -0.3 is 9.97 Å². The number of H-pyrrole nitrogens is 2. The van der Waals surface area contributed by atoms with Gasteiger partial charge >= 0.3 is 5.69 Å². The van der Waals surface area contributed by atoms with Crippen LogP contribution in [0.5, 0.6) is 0 Å². The third-order valence-corrected chi connectivity index (χ3v) is 1.50. The van der Waals surface area contributed by atoms with Gasteiger partial charge in [-0.15, -0.1) is 0 Å². The average molecular weight is 152 g/mol. The second-order valence-corrected chi connectivity index (χ2v) is 2.24. The number of aromatic amines is 2. The Bertz CT molecular complexity index is 443. The van der Waals surface area contributed by atoms with Gasteiger partial charge in [0.05, 0.1) is 5.52 Å². The summed E-state index contributed by atoms with van der Waals surface area (Å²) in [6.45, 7) is 0. The Balaban J connectivity index is 3.01. The van der Waals surface area contributed by atoms with Gasteiger partial charge in [0.1, 0.15) is 11.3 Å². The molecule has 1 heterocycles. The SMILES string of the molecule is O=c1[nH]c2cccc(F)c2[nH]1. The van der Waals surface area contributed by atoms with Gasteiger partial charge in [0.25, 0.3) is 0 Å². The number of hydrogen-bond donors (Lipinski definition) is 2. The lowest BCUT2D eigenvalue weighted by Gasteiger charge is -1.87. The molecule has 0 aliphatic rings. The van der Waals surface area contributed by atoms with Crippen molar-refractivity contribution in [3.63, 3.8) is 0 Å². The second kappa shape index (κ2) is 1.95. The van der Waals surface area contributed by atoms with Gasteiger partial charge in [-0.05, 0) is 12.1 Å². The summed E-state index contributed by atoms with van der Waals surface area (Å²) < 4.78 is 12.8. The minimum absolute atomic E-state index is 0.234. The average Bonchev–Trinajstić information content (AvgIpc) is 2.31. The first-order valence-electron chi connectivity index (χ1n) is 3.14. The standard InChI is InChI=1S/C7H5FN2O/c8-4-2-1-3-5-6(4)10-7(11)9-5/h1-3H,(H2,9,10,11). The van der Waals surface area contributed by atoms with E-state index in [1.807, 2.05) is 0 Å². The monoisotopic (exact) mass is 152 g/mol.